The minimum atomic E-state index is -0.0420. The van der Waals surface area contributed by atoms with Crippen molar-refractivity contribution in [3.8, 4) is 11.5 Å². The van der Waals surface area contributed by atoms with Gasteiger partial charge in [-0.25, -0.2) is 0 Å². The van der Waals surface area contributed by atoms with Crippen LogP contribution in [0, 0.1) is 0 Å². The number of carbonyl (C=O) groups is 1. The lowest BCUT2D eigenvalue weighted by Crippen LogP contribution is -2.13. The first-order chi connectivity index (χ1) is 8.19. The highest BCUT2D eigenvalue weighted by atomic mass is 33.1. The van der Waals surface area contributed by atoms with E-state index >= 15 is 0 Å². The number of carbonyl (C=O) groups excluding carboxylic acids is 1. The lowest BCUT2D eigenvalue weighted by molar-refractivity contribution is -0.113. The molecule has 0 bridgehead atoms. The number of hydrogen-bond donors (Lipinski definition) is 1. The number of anilines is 1. The highest BCUT2D eigenvalue weighted by Crippen LogP contribution is 2.26. The van der Waals surface area contributed by atoms with Crippen LogP contribution in [0.5, 0.6) is 11.5 Å². The highest BCUT2D eigenvalue weighted by molar-refractivity contribution is 8.76. The van der Waals surface area contributed by atoms with Crippen LogP contribution in [0.3, 0.4) is 0 Å². The van der Waals surface area contributed by atoms with Crippen LogP contribution in [0.25, 0.3) is 0 Å². The van der Waals surface area contributed by atoms with E-state index in [-0.39, 0.29) is 5.91 Å². The first-order valence-corrected chi connectivity index (χ1v) is 7.61. The third kappa shape index (κ3) is 4.79. The number of nitrogens with one attached hydrogen (secondary N) is 1. The molecule has 0 atom stereocenters. The van der Waals surface area contributed by atoms with Crippen molar-refractivity contribution in [2.24, 2.45) is 0 Å². The molecule has 0 fully saturated rings. The van der Waals surface area contributed by atoms with Gasteiger partial charge in [-0.3, -0.25) is 4.79 Å². The summed E-state index contributed by atoms with van der Waals surface area (Å²) < 4.78 is 10.2. The normalized spacial score (nSPS) is 9.82. The van der Waals surface area contributed by atoms with Crippen LogP contribution in [0.4, 0.5) is 5.69 Å². The van der Waals surface area contributed by atoms with E-state index in [1.165, 1.54) is 10.8 Å². The van der Waals surface area contributed by atoms with Gasteiger partial charge in [0.2, 0.25) is 5.91 Å². The smallest absolute Gasteiger partial charge is 0.235 e. The minimum absolute atomic E-state index is 0.0420. The van der Waals surface area contributed by atoms with Crippen LogP contribution in [0.15, 0.2) is 18.2 Å². The highest BCUT2D eigenvalue weighted by Gasteiger charge is 2.06. The molecule has 1 aromatic rings. The van der Waals surface area contributed by atoms with E-state index in [1.807, 2.05) is 6.26 Å². The minimum Gasteiger partial charge on any atom is -0.497 e. The molecule has 1 N–H and O–H groups in total. The summed E-state index contributed by atoms with van der Waals surface area (Å²) in [5.74, 6) is 1.68. The Morgan fingerprint density at radius 3 is 2.29 bits per heavy atom. The van der Waals surface area contributed by atoms with Gasteiger partial charge in [0, 0.05) is 23.9 Å². The molecule has 0 heterocycles. The number of amides is 1. The zero-order valence-electron chi connectivity index (χ0n) is 9.98. The number of ether oxygens (including phenoxy) is 2. The lowest BCUT2D eigenvalue weighted by atomic mass is 10.2. The summed E-state index contributed by atoms with van der Waals surface area (Å²) in [7, 11) is 6.21. The molecule has 0 aliphatic heterocycles. The number of hydrogen-bond acceptors (Lipinski definition) is 5. The van der Waals surface area contributed by atoms with Gasteiger partial charge < -0.3 is 14.8 Å². The molecule has 0 saturated heterocycles. The molecule has 0 saturated carbocycles. The predicted molar refractivity (Wildman–Crippen MR) is 74.1 cm³/mol. The van der Waals surface area contributed by atoms with E-state index < -0.39 is 0 Å². The molecule has 0 aliphatic carbocycles. The zero-order chi connectivity index (χ0) is 12.7. The van der Waals surface area contributed by atoms with Gasteiger partial charge >= 0.3 is 0 Å². The maximum atomic E-state index is 11.5. The molecule has 0 aromatic heterocycles. The van der Waals surface area contributed by atoms with Crippen LogP contribution in [-0.2, 0) is 4.79 Å². The summed E-state index contributed by atoms with van der Waals surface area (Å²) in [6.07, 6.45) is 1.94. The van der Waals surface area contributed by atoms with Crippen molar-refractivity contribution in [3.05, 3.63) is 18.2 Å². The summed E-state index contributed by atoms with van der Waals surface area (Å²) in [4.78, 5) is 11.5. The Kier molecular flexibility index (Phi) is 6.07. The average molecular weight is 273 g/mol. The third-order valence-corrected chi connectivity index (χ3v) is 3.62. The first kappa shape index (κ1) is 14.1. The average Bonchev–Trinajstić information content (AvgIpc) is 2.35. The van der Waals surface area contributed by atoms with Crippen LogP contribution >= 0.6 is 21.6 Å². The van der Waals surface area contributed by atoms with Crippen molar-refractivity contribution in [3.63, 3.8) is 0 Å². The molecular weight excluding hydrogens is 258 g/mol. The lowest BCUT2D eigenvalue weighted by Gasteiger charge is -2.09. The summed E-state index contributed by atoms with van der Waals surface area (Å²) in [6, 6.07) is 5.26. The predicted octanol–water partition coefficient (Wildman–Crippen LogP) is 2.65. The van der Waals surface area contributed by atoms with Crippen molar-refractivity contribution in [2.75, 3.05) is 31.5 Å². The Balaban J connectivity index is 2.72. The first-order valence-electron chi connectivity index (χ1n) is 4.88. The molecule has 6 heteroatoms. The fourth-order valence-electron chi connectivity index (χ4n) is 1.19. The van der Waals surface area contributed by atoms with E-state index in [0.29, 0.717) is 22.9 Å². The second-order valence-electron chi connectivity index (χ2n) is 3.08. The maximum Gasteiger partial charge on any atom is 0.235 e. The Hall–Kier alpha value is -1.01. The number of benzene rings is 1. The zero-order valence-corrected chi connectivity index (χ0v) is 11.6. The molecular formula is C11H15NO3S2. The number of methoxy groups -OCH3 is 2. The van der Waals surface area contributed by atoms with Crippen molar-refractivity contribution in [1.29, 1.82) is 0 Å². The molecule has 1 aromatic carbocycles. The van der Waals surface area contributed by atoms with Crippen molar-refractivity contribution < 1.29 is 14.3 Å². The van der Waals surface area contributed by atoms with E-state index in [4.69, 9.17) is 9.47 Å². The Morgan fingerprint density at radius 2 is 1.82 bits per heavy atom. The second-order valence-corrected chi connectivity index (χ2v) is 5.64. The van der Waals surface area contributed by atoms with E-state index in [9.17, 15) is 4.79 Å². The molecule has 0 unspecified atom stereocenters. The fraction of sp³-hybridized carbons (Fsp3) is 0.364. The van der Waals surface area contributed by atoms with E-state index in [0.717, 1.165) is 0 Å². The molecule has 0 spiro atoms. The van der Waals surface area contributed by atoms with E-state index in [2.05, 4.69) is 5.32 Å². The van der Waals surface area contributed by atoms with Gasteiger partial charge in [-0.05, 0) is 6.26 Å². The monoisotopic (exact) mass is 273 g/mol. The molecule has 0 aliphatic rings. The Bertz CT molecular complexity index is 363. The molecule has 1 amide bonds. The number of rotatable bonds is 6. The van der Waals surface area contributed by atoms with E-state index in [1.54, 1.807) is 43.2 Å². The van der Waals surface area contributed by atoms with Crippen LogP contribution in [-0.4, -0.2) is 32.1 Å². The Labute approximate surface area is 109 Å². The molecule has 4 nitrogen and oxygen atoms in total. The SMILES string of the molecule is COc1cc(NC(=O)CSSC)cc(OC)c1. The topological polar surface area (TPSA) is 47.6 Å². The molecule has 1 rings (SSSR count). The summed E-state index contributed by atoms with van der Waals surface area (Å²) >= 11 is 0. The van der Waals surface area contributed by atoms with Gasteiger partial charge in [-0.2, -0.15) is 0 Å². The van der Waals surface area contributed by atoms with Gasteiger partial charge in [-0.15, -0.1) is 0 Å². The van der Waals surface area contributed by atoms with Crippen LogP contribution < -0.4 is 14.8 Å². The molecule has 17 heavy (non-hydrogen) atoms. The summed E-state index contributed by atoms with van der Waals surface area (Å²) in [5, 5.41) is 2.79. The third-order valence-electron chi connectivity index (χ3n) is 1.94. The standard InChI is InChI=1S/C11H15NO3S2/c1-14-9-4-8(5-10(6-9)15-2)12-11(13)7-17-16-3/h4-6H,7H2,1-3H3,(H,12,13). The Morgan fingerprint density at radius 1 is 1.24 bits per heavy atom. The largest absolute Gasteiger partial charge is 0.497 e. The fourth-order valence-corrected chi connectivity index (χ4v) is 2.16. The maximum absolute atomic E-state index is 11.5. The van der Waals surface area contributed by atoms with Gasteiger partial charge in [0.1, 0.15) is 11.5 Å². The van der Waals surface area contributed by atoms with Gasteiger partial charge in [0.05, 0.1) is 20.0 Å². The molecule has 0 radical (unpaired) electrons. The van der Waals surface area contributed by atoms with Crippen LogP contribution in [0.1, 0.15) is 0 Å². The van der Waals surface area contributed by atoms with Crippen molar-refractivity contribution >= 4 is 33.2 Å². The van der Waals surface area contributed by atoms with Crippen LogP contribution in [0.2, 0.25) is 0 Å². The second kappa shape index (κ2) is 7.34. The van der Waals surface area contributed by atoms with Crippen molar-refractivity contribution in [1.82, 2.24) is 0 Å². The summed E-state index contributed by atoms with van der Waals surface area (Å²) in [6.45, 7) is 0. The van der Waals surface area contributed by atoms with Gasteiger partial charge in [-0.1, -0.05) is 21.6 Å². The quantitative estimate of drug-likeness (QED) is 0.807. The van der Waals surface area contributed by atoms with Gasteiger partial charge in [0.25, 0.3) is 0 Å². The summed E-state index contributed by atoms with van der Waals surface area (Å²) in [5.41, 5.74) is 0.674. The molecule has 94 valence electrons. The van der Waals surface area contributed by atoms with Gasteiger partial charge in [0.15, 0.2) is 0 Å². The van der Waals surface area contributed by atoms with Crippen molar-refractivity contribution in [2.45, 2.75) is 0 Å².